The number of carbonyl (C=O) groups excluding carboxylic acids is 1. The Labute approximate surface area is 191 Å². The Morgan fingerprint density at radius 1 is 1.17 bits per heavy atom. The van der Waals surface area contributed by atoms with Crippen molar-refractivity contribution in [3.05, 3.63) is 62.6 Å². The number of rotatable bonds is 6. The fourth-order valence-electron chi connectivity index (χ4n) is 3.42. The summed E-state index contributed by atoms with van der Waals surface area (Å²) in [5, 5.41) is 1.51. The van der Waals surface area contributed by atoms with Crippen LogP contribution in [0.5, 0.6) is 5.75 Å². The van der Waals surface area contributed by atoms with Gasteiger partial charge in [-0.05, 0) is 61.7 Å². The van der Waals surface area contributed by atoms with Crippen molar-refractivity contribution in [3.8, 4) is 5.75 Å². The average Bonchev–Trinajstić information content (AvgIpc) is 3.03. The summed E-state index contributed by atoms with van der Waals surface area (Å²) in [5.41, 5.74) is 1.52. The number of hydrogen-bond acceptors (Lipinski definition) is 4. The Morgan fingerprint density at radius 2 is 1.90 bits per heavy atom. The molecular weight excluding hydrogens is 469 g/mol. The van der Waals surface area contributed by atoms with Crippen LogP contribution in [0.1, 0.15) is 24.5 Å². The lowest BCUT2D eigenvalue weighted by Crippen LogP contribution is -2.46. The summed E-state index contributed by atoms with van der Waals surface area (Å²) < 4.78 is 29.9. The Bertz CT molecular complexity index is 1060. The molecule has 0 radical (unpaired) electrons. The van der Waals surface area contributed by atoms with E-state index in [1.807, 2.05) is 6.92 Å². The first kappa shape index (κ1) is 23.2. The van der Waals surface area contributed by atoms with Crippen LogP contribution in [0.15, 0.2) is 36.4 Å². The molecule has 2 aromatic carbocycles. The first-order valence-corrected chi connectivity index (χ1v) is 12.4. The first-order valence-electron chi connectivity index (χ1n) is 9.43. The monoisotopic (exact) mass is 489 g/mol. The molecule has 0 aromatic heterocycles. The van der Waals surface area contributed by atoms with Gasteiger partial charge in [0.15, 0.2) is 15.9 Å². The van der Waals surface area contributed by atoms with Crippen molar-refractivity contribution in [1.29, 1.82) is 0 Å². The molecule has 9 heteroatoms. The summed E-state index contributed by atoms with van der Waals surface area (Å²) in [6, 6.07) is 9.75. The SMILES string of the molecule is Cc1cc(O[C@H](C)C(=O)N(Cc2ccc(Cl)cc2Cl)[C@H]2CCS(=O)(=O)C2)ccc1Cl. The van der Waals surface area contributed by atoms with Crippen molar-refractivity contribution in [1.82, 2.24) is 4.90 Å². The van der Waals surface area contributed by atoms with E-state index < -0.39 is 22.0 Å². The Balaban J connectivity index is 1.84. The highest BCUT2D eigenvalue weighted by Gasteiger charge is 2.37. The molecule has 2 atom stereocenters. The lowest BCUT2D eigenvalue weighted by Gasteiger charge is -2.31. The number of benzene rings is 2. The molecule has 1 aliphatic rings. The van der Waals surface area contributed by atoms with E-state index in [2.05, 4.69) is 0 Å². The zero-order chi connectivity index (χ0) is 22.1. The van der Waals surface area contributed by atoms with Crippen LogP contribution in [0.2, 0.25) is 15.1 Å². The number of carbonyl (C=O) groups is 1. The van der Waals surface area contributed by atoms with Crippen LogP contribution < -0.4 is 4.74 Å². The van der Waals surface area contributed by atoms with Crippen LogP contribution in [-0.2, 0) is 21.2 Å². The van der Waals surface area contributed by atoms with Gasteiger partial charge in [0, 0.05) is 27.7 Å². The zero-order valence-corrected chi connectivity index (χ0v) is 19.7. The Morgan fingerprint density at radius 3 is 2.50 bits per heavy atom. The second-order valence-corrected chi connectivity index (χ2v) is 10.9. The number of hydrogen-bond donors (Lipinski definition) is 0. The van der Waals surface area contributed by atoms with Crippen molar-refractivity contribution < 1.29 is 17.9 Å². The summed E-state index contributed by atoms with van der Waals surface area (Å²) in [5.74, 6) is 0.190. The van der Waals surface area contributed by atoms with Gasteiger partial charge in [-0.25, -0.2) is 8.42 Å². The molecule has 0 unspecified atom stereocenters. The lowest BCUT2D eigenvalue weighted by molar-refractivity contribution is -0.140. The molecule has 0 N–H and O–H groups in total. The van der Waals surface area contributed by atoms with E-state index in [-0.39, 0.29) is 24.0 Å². The van der Waals surface area contributed by atoms with Gasteiger partial charge in [-0.1, -0.05) is 40.9 Å². The summed E-state index contributed by atoms with van der Waals surface area (Å²) in [6.07, 6.45) is -0.438. The van der Waals surface area contributed by atoms with Crippen molar-refractivity contribution in [2.75, 3.05) is 11.5 Å². The van der Waals surface area contributed by atoms with Gasteiger partial charge in [-0.2, -0.15) is 0 Å². The Kier molecular flexibility index (Phi) is 7.23. The van der Waals surface area contributed by atoms with Gasteiger partial charge in [0.1, 0.15) is 5.75 Å². The maximum Gasteiger partial charge on any atom is 0.263 e. The molecule has 1 heterocycles. The van der Waals surface area contributed by atoms with Gasteiger partial charge >= 0.3 is 0 Å². The van der Waals surface area contributed by atoms with Crippen LogP contribution >= 0.6 is 34.8 Å². The number of aryl methyl sites for hydroxylation is 1. The predicted molar refractivity (Wildman–Crippen MR) is 120 cm³/mol. The smallest absolute Gasteiger partial charge is 0.263 e. The van der Waals surface area contributed by atoms with Crippen LogP contribution in [0.25, 0.3) is 0 Å². The van der Waals surface area contributed by atoms with Gasteiger partial charge in [-0.15, -0.1) is 0 Å². The molecule has 1 amide bonds. The molecule has 5 nitrogen and oxygen atoms in total. The molecule has 0 saturated carbocycles. The highest BCUT2D eigenvalue weighted by molar-refractivity contribution is 7.91. The number of nitrogens with zero attached hydrogens (tertiary/aromatic N) is 1. The molecule has 3 rings (SSSR count). The number of amides is 1. The summed E-state index contributed by atoms with van der Waals surface area (Å²) in [6.45, 7) is 3.66. The van der Waals surface area contributed by atoms with Crippen molar-refractivity contribution in [2.24, 2.45) is 0 Å². The van der Waals surface area contributed by atoms with E-state index in [0.717, 1.165) is 5.56 Å². The number of ether oxygens (including phenoxy) is 1. The minimum absolute atomic E-state index is 0.0570. The summed E-state index contributed by atoms with van der Waals surface area (Å²) >= 11 is 18.3. The maximum atomic E-state index is 13.3. The van der Waals surface area contributed by atoms with Crippen molar-refractivity contribution >= 4 is 50.5 Å². The van der Waals surface area contributed by atoms with E-state index >= 15 is 0 Å². The molecule has 0 aliphatic carbocycles. The molecule has 162 valence electrons. The third kappa shape index (κ3) is 5.61. The third-order valence-corrected chi connectivity index (χ3v) is 7.84. The molecule has 1 saturated heterocycles. The van der Waals surface area contributed by atoms with Gasteiger partial charge in [0.2, 0.25) is 0 Å². The molecular formula is C21H22Cl3NO4S. The van der Waals surface area contributed by atoms with Crippen LogP contribution in [0.4, 0.5) is 0 Å². The van der Waals surface area contributed by atoms with Crippen LogP contribution in [-0.4, -0.2) is 42.9 Å². The molecule has 0 bridgehead atoms. The van der Waals surface area contributed by atoms with Gasteiger partial charge < -0.3 is 9.64 Å². The van der Waals surface area contributed by atoms with E-state index in [1.165, 1.54) is 0 Å². The van der Waals surface area contributed by atoms with Gasteiger partial charge in [-0.3, -0.25) is 4.79 Å². The summed E-state index contributed by atoms with van der Waals surface area (Å²) in [7, 11) is -3.18. The second-order valence-electron chi connectivity index (χ2n) is 7.43. The molecule has 1 aliphatic heterocycles. The lowest BCUT2D eigenvalue weighted by atomic mass is 10.1. The second kappa shape index (κ2) is 9.35. The standard InChI is InChI=1S/C21H22Cl3NO4S/c1-13-9-18(5-6-19(13)23)29-14(2)21(26)25(17-7-8-30(27,28)12-17)11-15-3-4-16(22)10-20(15)24/h3-6,9-10,14,17H,7-8,11-12H2,1-2H3/t14-,17+/m1/s1. The number of halogens is 3. The molecule has 2 aromatic rings. The third-order valence-electron chi connectivity index (χ3n) is 5.08. The van der Waals surface area contributed by atoms with Gasteiger partial charge in [0.25, 0.3) is 5.91 Å². The predicted octanol–water partition coefficient (Wildman–Crippen LogP) is 4.94. The largest absolute Gasteiger partial charge is 0.481 e. The minimum Gasteiger partial charge on any atom is -0.481 e. The molecule has 30 heavy (non-hydrogen) atoms. The van der Waals surface area contributed by atoms with Crippen LogP contribution in [0.3, 0.4) is 0 Å². The van der Waals surface area contributed by atoms with Crippen molar-refractivity contribution in [2.45, 2.75) is 39.0 Å². The quantitative estimate of drug-likeness (QED) is 0.575. The Hall–Kier alpha value is -1.47. The summed E-state index contributed by atoms with van der Waals surface area (Å²) in [4.78, 5) is 14.8. The maximum absolute atomic E-state index is 13.3. The topological polar surface area (TPSA) is 63.7 Å². The van der Waals surface area contributed by atoms with Crippen molar-refractivity contribution in [3.63, 3.8) is 0 Å². The van der Waals surface area contributed by atoms with Gasteiger partial charge in [0.05, 0.1) is 11.5 Å². The minimum atomic E-state index is -3.18. The number of sulfone groups is 1. The highest BCUT2D eigenvalue weighted by Crippen LogP contribution is 2.27. The molecule has 1 fully saturated rings. The zero-order valence-electron chi connectivity index (χ0n) is 16.6. The van der Waals surface area contributed by atoms with E-state index in [0.29, 0.717) is 32.8 Å². The highest BCUT2D eigenvalue weighted by atomic mass is 35.5. The van der Waals surface area contributed by atoms with E-state index in [4.69, 9.17) is 39.5 Å². The molecule has 0 spiro atoms. The van der Waals surface area contributed by atoms with E-state index in [1.54, 1.807) is 48.2 Å². The normalized spacial score (nSPS) is 18.8. The fourth-order valence-corrected chi connectivity index (χ4v) is 5.74. The first-order chi connectivity index (χ1) is 14.1. The van der Waals surface area contributed by atoms with E-state index in [9.17, 15) is 13.2 Å². The van der Waals surface area contributed by atoms with Crippen LogP contribution in [0, 0.1) is 6.92 Å². The fraction of sp³-hybridized carbons (Fsp3) is 0.381. The average molecular weight is 491 g/mol.